The Balaban J connectivity index is 1.85. The first kappa shape index (κ1) is 22.8. The first-order chi connectivity index (χ1) is 14.2. The van der Waals surface area contributed by atoms with Gasteiger partial charge in [-0.2, -0.15) is 26.3 Å². The quantitative estimate of drug-likeness (QED) is 0.396. The standard InChI is InChI=1S/C21H18BrF6NOS/c1-18(2)13-7-10(19(30,20(23,24)25)21(26,27)28)3-5-15(13)29-17-12-8-11(22)4-6-16(12)31-9-14(17)18/h3-8,14,17,29-30H,9H2,1-2H3/t14-,17+/m1/s1. The molecule has 0 saturated carbocycles. The van der Waals surface area contributed by atoms with Gasteiger partial charge >= 0.3 is 12.4 Å². The van der Waals surface area contributed by atoms with E-state index in [-0.39, 0.29) is 12.0 Å². The molecule has 0 saturated heterocycles. The fourth-order valence-electron chi connectivity index (χ4n) is 4.47. The molecule has 2 aromatic carbocycles. The molecule has 4 rings (SSSR count). The summed E-state index contributed by atoms with van der Waals surface area (Å²) in [7, 11) is 0. The molecule has 2 aliphatic rings. The SMILES string of the molecule is CC1(C)c2cc(C(O)(C(F)(F)F)C(F)(F)F)ccc2N[C@H]2c3cc(Br)ccc3SC[C@H]21. The van der Waals surface area contributed by atoms with Gasteiger partial charge in [-0.3, -0.25) is 0 Å². The fourth-order valence-corrected chi connectivity index (χ4v) is 6.34. The molecule has 31 heavy (non-hydrogen) atoms. The zero-order chi connectivity index (χ0) is 23.0. The number of halogens is 7. The van der Waals surface area contributed by atoms with Gasteiger partial charge in [0.15, 0.2) is 0 Å². The van der Waals surface area contributed by atoms with E-state index in [1.54, 1.807) is 11.8 Å². The van der Waals surface area contributed by atoms with Crippen LogP contribution in [-0.4, -0.2) is 23.2 Å². The highest BCUT2D eigenvalue weighted by Crippen LogP contribution is 2.56. The average molecular weight is 526 g/mol. The summed E-state index contributed by atoms with van der Waals surface area (Å²) in [4.78, 5) is 1.08. The molecule has 0 radical (unpaired) electrons. The maximum atomic E-state index is 13.4. The van der Waals surface area contributed by atoms with E-state index >= 15 is 0 Å². The molecule has 2 heterocycles. The Hall–Kier alpha value is -1.39. The van der Waals surface area contributed by atoms with Crippen LogP contribution in [0.5, 0.6) is 0 Å². The molecule has 2 nitrogen and oxygen atoms in total. The van der Waals surface area contributed by atoms with E-state index in [2.05, 4.69) is 21.2 Å². The Kier molecular flexibility index (Phi) is 5.19. The number of hydrogen-bond donors (Lipinski definition) is 2. The van der Waals surface area contributed by atoms with E-state index in [1.165, 1.54) is 6.07 Å². The van der Waals surface area contributed by atoms with Gasteiger partial charge in [-0.15, -0.1) is 11.8 Å². The molecule has 10 heteroatoms. The number of benzene rings is 2. The van der Waals surface area contributed by atoms with Crippen LogP contribution in [0.1, 0.15) is 36.6 Å². The zero-order valence-corrected chi connectivity index (χ0v) is 18.7. The second-order valence-corrected chi connectivity index (χ2v) is 10.4. The van der Waals surface area contributed by atoms with Gasteiger partial charge in [0.05, 0.1) is 6.04 Å². The minimum Gasteiger partial charge on any atom is -0.378 e. The lowest BCUT2D eigenvalue weighted by molar-refractivity contribution is -0.376. The first-order valence-corrected chi connectivity index (χ1v) is 11.2. The van der Waals surface area contributed by atoms with Crippen molar-refractivity contribution in [1.29, 1.82) is 0 Å². The van der Waals surface area contributed by atoms with Gasteiger partial charge in [0, 0.05) is 32.3 Å². The first-order valence-electron chi connectivity index (χ1n) is 9.37. The van der Waals surface area contributed by atoms with Gasteiger partial charge in [-0.1, -0.05) is 35.8 Å². The molecule has 0 unspecified atom stereocenters. The summed E-state index contributed by atoms with van der Waals surface area (Å²) in [5.41, 5.74) is -5.11. The number of nitrogens with one attached hydrogen (secondary N) is 1. The minimum atomic E-state index is -5.92. The van der Waals surface area contributed by atoms with Crippen molar-refractivity contribution in [2.75, 3.05) is 11.1 Å². The van der Waals surface area contributed by atoms with Gasteiger partial charge in [0.2, 0.25) is 0 Å². The van der Waals surface area contributed by atoms with Gasteiger partial charge in [-0.05, 0) is 46.9 Å². The van der Waals surface area contributed by atoms with Gasteiger partial charge in [0.25, 0.3) is 5.60 Å². The summed E-state index contributed by atoms with van der Waals surface area (Å²) < 4.78 is 81.2. The number of aliphatic hydroxyl groups is 1. The normalized spacial score (nSPS) is 22.8. The smallest absolute Gasteiger partial charge is 0.378 e. The van der Waals surface area contributed by atoms with E-state index in [1.807, 2.05) is 32.0 Å². The maximum absolute atomic E-state index is 13.4. The molecule has 2 atom stereocenters. The van der Waals surface area contributed by atoms with Crippen molar-refractivity contribution < 1.29 is 31.4 Å². The van der Waals surface area contributed by atoms with Crippen molar-refractivity contribution in [3.8, 4) is 0 Å². The summed E-state index contributed by atoms with van der Waals surface area (Å²) in [6.07, 6.45) is -11.8. The largest absolute Gasteiger partial charge is 0.430 e. The third-order valence-corrected chi connectivity index (χ3v) is 8.02. The summed E-state index contributed by atoms with van der Waals surface area (Å²) in [6, 6.07) is 8.49. The number of anilines is 1. The van der Waals surface area contributed by atoms with E-state index in [0.717, 1.165) is 21.0 Å². The Morgan fingerprint density at radius 3 is 2.29 bits per heavy atom. The van der Waals surface area contributed by atoms with Crippen LogP contribution in [0.2, 0.25) is 0 Å². The van der Waals surface area contributed by atoms with Gasteiger partial charge in [0.1, 0.15) is 0 Å². The number of alkyl halides is 6. The summed E-state index contributed by atoms with van der Waals surface area (Å²) in [6.45, 7) is 3.63. The molecule has 2 aromatic rings. The summed E-state index contributed by atoms with van der Waals surface area (Å²) >= 11 is 5.07. The van der Waals surface area contributed by atoms with Crippen molar-refractivity contribution in [2.45, 2.75) is 48.2 Å². The number of thioether (sulfide) groups is 1. The number of rotatable bonds is 1. The Morgan fingerprint density at radius 1 is 1.03 bits per heavy atom. The highest BCUT2D eigenvalue weighted by atomic mass is 79.9. The Labute approximate surface area is 187 Å². The second-order valence-electron chi connectivity index (χ2n) is 8.41. The van der Waals surface area contributed by atoms with Crippen LogP contribution in [0.25, 0.3) is 0 Å². The molecular weight excluding hydrogens is 508 g/mol. The number of fused-ring (bicyclic) bond motifs is 4. The van der Waals surface area contributed by atoms with E-state index in [4.69, 9.17) is 0 Å². The molecule has 2 aliphatic heterocycles. The summed E-state index contributed by atoms with van der Waals surface area (Å²) in [5, 5.41) is 13.2. The lowest BCUT2D eigenvalue weighted by Crippen LogP contribution is -2.54. The van der Waals surface area contributed by atoms with Crippen molar-refractivity contribution in [1.82, 2.24) is 0 Å². The highest BCUT2D eigenvalue weighted by molar-refractivity contribution is 9.10. The van der Waals surface area contributed by atoms with E-state index in [0.29, 0.717) is 23.1 Å². The van der Waals surface area contributed by atoms with Crippen LogP contribution in [0, 0.1) is 5.92 Å². The van der Waals surface area contributed by atoms with Crippen LogP contribution >= 0.6 is 27.7 Å². The lowest BCUT2D eigenvalue weighted by Gasteiger charge is -2.49. The molecule has 0 bridgehead atoms. The van der Waals surface area contributed by atoms with Gasteiger partial charge < -0.3 is 10.4 Å². The third kappa shape index (κ3) is 3.36. The molecule has 0 fully saturated rings. The van der Waals surface area contributed by atoms with Crippen molar-refractivity contribution in [3.05, 3.63) is 57.6 Å². The molecular formula is C21H18BrF6NOS. The van der Waals surface area contributed by atoms with Crippen LogP contribution in [0.15, 0.2) is 45.8 Å². The Morgan fingerprint density at radius 2 is 1.68 bits per heavy atom. The Bertz CT molecular complexity index is 1020. The molecule has 2 N–H and O–H groups in total. The average Bonchev–Trinajstić information content (AvgIpc) is 2.65. The molecule has 0 aromatic heterocycles. The van der Waals surface area contributed by atoms with Crippen LogP contribution in [0.4, 0.5) is 32.0 Å². The van der Waals surface area contributed by atoms with Crippen LogP contribution in [0.3, 0.4) is 0 Å². The predicted molar refractivity (Wildman–Crippen MR) is 110 cm³/mol. The predicted octanol–water partition coefficient (Wildman–Crippen LogP) is 6.93. The highest BCUT2D eigenvalue weighted by Gasteiger charge is 2.71. The van der Waals surface area contributed by atoms with Gasteiger partial charge in [-0.25, -0.2) is 0 Å². The van der Waals surface area contributed by atoms with Crippen LogP contribution in [-0.2, 0) is 11.0 Å². The second kappa shape index (κ2) is 7.05. The van der Waals surface area contributed by atoms with Crippen LogP contribution < -0.4 is 5.32 Å². The maximum Gasteiger partial charge on any atom is 0.430 e. The summed E-state index contributed by atoms with van der Waals surface area (Å²) in [5.74, 6) is 0.554. The molecule has 0 amide bonds. The fraction of sp³-hybridized carbons (Fsp3) is 0.429. The minimum absolute atomic E-state index is 0.0908. The number of hydrogen-bond acceptors (Lipinski definition) is 3. The zero-order valence-electron chi connectivity index (χ0n) is 16.3. The molecule has 0 spiro atoms. The van der Waals surface area contributed by atoms with E-state index < -0.39 is 28.9 Å². The van der Waals surface area contributed by atoms with Crippen molar-refractivity contribution >= 4 is 33.4 Å². The van der Waals surface area contributed by atoms with Crippen molar-refractivity contribution in [3.63, 3.8) is 0 Å². The lowest BCUT2D eigenvalue weighted by atomic mass is 9.65. The third-order valence-electron chi connectivity index (χ3n) is 6.32. The molecule has 0 aliphatic carbocycles. The topological polar surface area (TPSA) is 32.3 Å². The van der Waals surface area contributed by atoms with Crippen molar-refractivity contribution in [2.24, 2.45) is 5.92 Å². The van der Waals surface area contributed by atoms with E-state index in [9.17, 15) is 31.4 Å². The molecule has 168 valence electrons. The monoisotopic (exact) mass is 525 g/mol.